The molecule has 0 unspecified atom stereocenters. The first-order valence-corrected chi connectivity index (χ1v) is 7.72. The van der Waals surface area contributed by atoms with Crippen LogP contribution in [-0.2, 0) is 4.79 Å². The van der Waals surface area contributed by atoms with Crippen LogP contribution in [-0.4, -0.2) is 16.7 Å². The Balaban J connectivity index is 2.04. The van der Waals surface area contributed by atoms with Gasteiger partial charge in [-0.05, 0) is 62.1 Å². The minimum atomic E-state index is -1.03. The zero-order valence-corrected chi connectivity index (χ0v) is 13.3. The van der Waals surface area contributed by atoms with Crippen molar-refractivity contribution >= 4 is 29.0 Å². The van der Waals surface area contributed by atoms with E-state index in [2.05, 4.69) is 15.5 Å². The summed E-state index contributed by atoms with van der Waals surface area (Å²) in [6.07, 6.45) is 3.64. The average molecular weight is 331 g/mol. The van der Waals surface area contributed by atoms with E-state index in [1.807, 2.05) is 30.3 Å². The monoisotopic (exact) mass is 330 g/mol. The van der Waals surface area contributed by atoms with Crippen LogP contribution in [0.1, 0.15) is 31.4 Å². The number of unbranched alkanes of at least 4 members (excludes halogenated alkanes) is 1. The Hall–Kier alpha value is -2.40. The highest BCUT2D eigenvalue weighted by molar-refractivity contribution is 6.30. The van der Waals surface area contributed by atoms with Crippen LogP contribution in [0.2, 0.25) is 5.02 Å². The topological polar surface area (TPSA) is 77.4 Å². The van der Waals surface area contributed by atoms with E-state index in [1.54, 1.807) is 18.3 Å². The summed E-state index contributed by atoms with van der Waals surface area (Å²) in [7, 11) is 0. The maximum absolute atomic E-state index is 10.5. The minimum Gasteiger partial charge on any atom is -0.550 e. The molecule has 0 aliphatic rings. The molecule has 0 fully saturated rings. The molecular formula is C17H17ClN3O2-. The van der Waals surface area contributed by atoms with E-state index in [1.165, 1.54) is 0 Å². The van der Waals surface area contributed by atoms with Crippen LogP contribution in [0.15, 0.2) is 53.8 Å². The van der Waals surface area contributed by atoms with E-state index in [0.29, 0.717) is 24.3 Å². The Kier molecular flexibility index (Phi) is 6.56. The maximum atomic E-state index is 10.5. The summed E-state index contributed by atoms with van der Waals surface area (Å²) in [4.78, 5) is 14.8. The molecule has 1 N–H and O–H groups in total. The molecule has 1 aromatic heterocycles. The highest BCUT2D eigenvalue weighted by Gasteiger charge is 2.05. The summed E-state index contributed by atoms with van der Waals surface area (Å²) < 4.78 is 0. The second kappa shape index (κ2) is 8.90. The number of rotatable bonds is 8. The normalized spacial score (nSPS) is 11.3. The first-order valence-electron chi connectivity index (χ1n) is 7.34. The fourth-order valence-corrected chi connectivity index (χ4v) is 2.12. The highest BCUT2D eigenvalue weighted by Crippen LogP contribution is 2.14. The van der Waals surface area contributed by atoms with Crippen LogP contribution < -0.4 is 10.5 Å². The zero-order chi connectivity index (χ0) is 16.5. The van der Waals surface area contributed by atoms with Gasteiger partial charge in [0.1, 0.15) is 0 Å². The van der Waals surface area contributed by atoms with Crippen LogP contribution in [0.5, 0.6) is 0 Å². The molecule has 0 amide bonds. The van der Waals surface area contributed by atoms with Gasteiger partial charge in [-0.1, -0.05) is 17.7 Å². The smallest absolute Gasteiger partial charge is 0.0863 e. The van der Waals surface area contributed by atoms with Crippen molar-refractivity contribution in [1.29, 1.82) is 0 Å². The lowest BCUT2D eigenvalue weighted by Gasteiger charge is -2.08. The van der Waals surface area contributed by atoms with Crippen LogP contribution in [0.4, 0.5) is 5.69 Å². The molecule has 23 heavy (non-hydrogen) atoms. The second-order valence-electron chi connectivity index (χ2n) is 4.97. The number of halogens is 1. The summed E-state index contributed by atoms with van der Waals surface area (Å²) >= 11 is 5.85. The molecule has 2 rings (SSSR count). The summed E-state index contributed by atoms with van der Waals surface area (Å²) in [5.74, 6) is -1.03. The van der Waals surface area contributed by atoms with Gasteiger partial charge in [-0.15, -0.1) is 0 Å². The SMILES string of the molecule is O=C([O-])CCCC/C(=N/Nc1ccc(Cl)cc1)c1ccccn1. The molecule has 1 heterocycles. The Labute approximate surface area is 140 Å². The molecule has 120 valence electrons. The first-order chi connectivity index (χ1) is 11.1. The molecule has 2 aromatic rings. The molecule has 0 spiro atoms. The van der Waals surface area contributed by atoms with Crippen LogP contribution in [0.25, 0.3) is 0 Å². The summed E-state index contributed by atoms with van der Waals surface area (Å²) in [6.45, 7) is 0. The second-order valence-corrected chi connectivity index (χ2v) is 5.41. The van der Waals surface area contributed by atoms with Gasteiger partial charge in [0.15, 0.2) is 0 Å². The largest absolute Gasteiger partial charge is 0.550 e. The average Bonchev–Trinajstić information content (AvgIpc) is 2.56. The quantitative estimate of drug-likeness (QED) is 0.458. The molecule has 1 aromatic carbocycles. The van der Waals surface area contributed by atoms with Crippen molar-refractivity contribution in [3.8, 4) is 0 Å². The lowest BCUT2D eigenvalue weighted by Crippen LogP contribution is -2.21. The van der Waals surface area contributed by atoms with Crippen molar-refractivity contribution < 1.29 is 9.90 Å². The molecule has 0 atom stereocenters. The predicted molar refractivity (Wildman–Crippen MR) is 89.3 cm³/mol. The van der Waals surface area contributed by atoms with Gasteiger partial charge in [-0.2, -0.15) is 5.10 Å². The van der Waals surface area contributed by atoms with Crippen LogP contribution >= 0.6 is 11.6 Å². The van der Waals surface area contributed by atoms with Gasteiger partial charge in [0.2, 0.25) is 0 Å². The molecule has 5 nitrogen and oxygen atoms in total. The maximum Gasteiger partial charge on any atom is 0.0863 e. The third-order valence-electron chi connectivity index (χ3n) is 3.17. The third-order valence-corrected chi connectivity index (χ3v) is 3.42. The van der Waals surface area contributed by atoms with E-state index in [0.717, 1.165) is 17.1 Å². The van der Waals surface area contributed by atoms with Crippen molar-refractivity contribution in [3.63, 3.8) is 0 Å². The summed E-state index contributed by atoms with van der Waals surface area (Å²) in [6, 6.07) is 12.8. The van der Waals surface area contributed by atoms with Gasteiger partial charge in [0.05, 0.1) is 17.1 Å². The standard InChI is InChI=1S/C17H18ClN3O2/c18-13-8-10-14(11-9-13)20-21-16(6-1-2-7-17(22)23)15-5-3-4-12-19-15/h3-5,8-12,20H,1-2,6-7H2,(H,22,23)/p-1/b21-16-. The van der Waals surface area contributed by atoms with Gasteiger partial charge in [-0.25, -0.2) is 0 Å². The molecule has 0 aliphatic heterocycles. The highest BCUT2D eigenvalue weighted by atomic mass is 35.5. The van der Waals surface area contributed by atoms with E-state index < -0.39 is 5.97 Å². The predicted octanol–water partition coefficient (Wildman–Crippen LogP) is 2.86. The van der Waals surface area contributed by atoms with E-state index in [9.17, 15) is 9.90 Å². The Morgan fingerprint density at radius 1 is 1.13 bits per heavy atom. The van der Waals surface area contributed by atoms with E-state index in [4.69, 9.17) is 11.6 Å². The van der Waals surface area contributed by atoms with E-state index >= 15 is 0 Å². The number of nitrogens with one attached hydrogen (secondary N) is 1. The van der Waals surface area contributed by atoms with Crippen LogP contribution in [0, 0.1) is 0 Å². The van der Waals surface area contributed by atoms with Gasteiger partial charge >= 0.3 is 0 Å². The Morgan fingerprint density at radius 2 is 1.87 bits per heavy atom. The third kappa shape index (κ3) is 6.08. The summed E-state index contributed by atoms with van der Waals surface area (Å²) in [5.41, 5.74) is 5.34. The number of anilines is 1. The Bertz CT molecular complexity index is 657. The number of carboxylic acids is 1. The number of hydrazone groups is 1. The number of carboxylic acid groups (broad SMARTS) is 1. The number of aromatic nitrogens is 1. The van der Waals surface area contributed by atoms with Crippen LogP contribution in [0.3, 0.4) is 0 Å². The van der Waals surface area contributed by atoms with Crippen molar-refractivity contribution in [2.24, 2.45) is 5.10 Å². The Morgan fingerprint density at radius 3 is 2.52 bits per heavy atom. The van der Waals surface area contributed by atoms with Crippen molar-refractivity contribution in [2.75, 3.05) is 5.43 Å². The number of benzene rings is 1. The number of hydrogen-bond acceptors (Lipinski definition) is 5. The molecular weight excluding hydrogens is 314 g/mol. The lowest BCUT2D eigenvalue weighted by atomic mass is 10.1. The number of pyridine rings is 1. The fourth-order valence-electron chi connectivity index (χ4n) is 1.99. The lowest BCUT2D eigenvalue weighted by molar-refractivity contribution is -0.305. The summed E-state index contributed by atoms with van der Waals surface area (Å²) in [5, 5.41) is 15.5. The van der Waals surface area contributed by atoms with Crippen molar-refractivity contribution in [2.45, 2.75) is 25.7 Å². The molecule has 6 heteroatoms. The first kappa shape index (κ1) is 17.0. The number of carbonyl (C=O) groups excluding carboxylic acids is 1. The van der Waals surface area contributed by atoms with Gasteiger partial charge in [0.25, 0.3) is 0 Å². The van der Waals surface area contributed by atoms with Crippen molar-refractivity contribution in [1.82, 2.24) is 4.98 Å². The fraction of sp³-hybridized carbons (Fsp3) is 0.235. The molecule has 0 saturated carbocycles. The molecule has 0 saturated heterocycles. The number of carbonyl (C=O) groups is 1. The van der Waals surface area contributed by atoms with Gasteiger partial charge < -0.3 is 9.90 Å². The molecule has 0 aliphatic carbocycles. The molecule has 0 radical (unpaired) electrons. The number of aliphatic carboxylic acids is 1. The zero-order valence-electron chi connectivity index (χ0n) is 12.5. The van der Waals surface area contributed by atoms with E-state index in [-0.39, 0.29) is 6.42 Å². The van der Waals surface area contributed by atoms with Crippen molar-refractivity contribution in [3.05, 3.63) is 59.4 Å². The number of nitrogens with zero attached hydrogens (tertiary/aromatic N) is 2. The number of hydrogen-bond donors (Lipinski definition) is 1. The van der Waals surface area contributed by atoms with Gasteiger partial charge in [-0.3, -0.25) is 10.4 Å². The minimum absolute atomic E-state index is 0.0557. The molecule has 0 bridgehead atoms. The van der Waals surface area contributed by atoms with Gasteiger partial charge in [0, 0.05) is 17.2 Å².